The van der Waals surface area contributed by atoms with Gasteiger partial charge in [0.25, 0.3) is 0 Å². The maximum absolute atomic E-state index is 5.50. The van der Waals surface area contributed by atoms with Gasteiger partial charge in [0.1, 0.15) is 5.82 Å². The monoisotopic (exact) mass is 902 g/mol. The Labute approximate surface area is 409 Å². The molecule has 0 aliphatic rings. The second-order valence-electron chi connectivity index (χ2n) is 18.8. The van der Waals surface area contributed by atoms with Gasteiger partial charge in [-0.15, -0.1) is 0 Å². The van der Waals surface area contributed by atoms with E-state index in [2.05, 4.69) is 263 Å². The van der Waals surface area contributed by atoms with Crippen LogP contribution in [0.25, 0.3) is 143 Å². The van der Waals surface area contributed by atoms with Crippen LogP contribution in [0, 0.1) is 0 Å². The third-order valence-corrected chi connectivity index (χ3v) is 14.9. The first-order valence-electron chi connectivity index (χ1n) is 24.4. The first kappa shape index (κ1) is 39.5. The van der Waals surface area contributed by atoms with E-state index in [4.69, 9.17) is 4.98 Å². The summed E-state index contributed by atoms with van der Waals surface area (Å²) in [6.45, 7) is 0. The van der Waals surface area contributed by atoms with Crippen LogP contribution in [0.15, 0.2) is 249 Å². The van der Waals surface area contributed by atoms with Gasteiger partial charge in [-0.2, -0.15) is 0 Å². The molecule has 0 aliphatic heterocycles. The van der Waals surface area contributed by atoms with Gasteiger partial charge in [0, 0.05) is 49.6 Å². The molecule has 0 unspecified atom stereocenters. The third-order valence-electron chi connectivity index (χ3n) is 14.9. The lowest BCUT2D eigenvalue weighted by atomic mass is 9.92. The Morgan fingerprint density at radius 3 is 1.14 bits per heavy atom. The summed E-state index contributed by atoms with van der Waals surface area (Å²) < 4.78 is 4.73. The number of nitrogens with zero attached hydrogens (tertiary/aromatic N) is 3. The fourth-order valence-electron chi connectivity index (χ4n) is 11.5. The second-order valence-corrected chi connectivity index (χ2v) is 18.8. The lowest BCUT2D eigenvalue weighted by Crippen LogP contribution is -1.93. The molecule has 0 fully saturated rings. The van der Waals surface area contributed by atoms with Gasteiger partial charge in [-0.05, 0) is 103 Å². The summed E-state index contributed by atoms with van der Waals surface area (Å²) in [5, 5.41) is 12.6. The molecule has 0 bridgehead atoms. The van der Waals surface area contributed by atoms with E-state index >= 15 is 0 Å². The van der Waals surface area contributed by atoms with E-state index < -0.39 is 0 Å². The lowest BCUT2D eigenvalue weighted by Gasteiger charge is -2.13. The van der Waals surface area contributed by atoms with Crippen LogP contribution in [0.1, 0.15) is 0 Å². The van der Waals surface area contributed by atoms with Crippen molar-refractivity contribution < 1.29 is 0 Å². The number of para-hydroxylation sites is 4. The molecule has 0 amide bonds. The van der Waals surface area contributed by atoms with Gasteiger partial charge in [0.05, 0.1) is 33.5 Å². The van der Waals surface area contributed by atoms with Gasteiger partial charge < -0.3 is 14.1 Å². The number of aromatic nitrogens is 4. The average molecular weight is 903 g/mol. The van der Waals surface area contributed by atoms with E-state index in [1.165, 1.54) is 81.5 Å². The van der Waals surface area contributed by atoms with Crippen LogP contribution in [0.4, 0.5) is 0 Å². The molecule has 1 N–H and O–H groups in total. The first-order valence-corrected chi connectivity index (χ1v) is 24.4. The largest absolute Gasteiger partial charge is 0.337 e. The van der Waals surface area contributed by atoms with Gasteiger partial charge in [-0.1, -0.05) is 200 Å². The number of H-pyrrole nitrogens is 1. The summed E-state index contributed by atoms with van der Waals surface area (Å²) in [7, 11) is 0. The van der Waals surface area contributed by atoms with Crippen LogP contribution < -0.4 is 0 Å². The number of aromatic amines is 1. The highest BCUT2D eigenvalue weighted by Crippen LogP contribution is 2.42. The fourth-order valence-corrected chi connectivity index (χ4v) is 11.5. The predicted molar refractivity (Wildman–Crippen MR) is 298 cm³/mol. The van der Waals surface area contributed by atoms with E-state index in [9.17, 15) is 0 Å². The van der Waals surface area contributed by atoms with E-state index in [0.717, 1.165) is 62.0 Å². The summed E-state index contributed by atoms with van der Waals surface area (Å²) in [6, 6.07) is 90.4. The van der Waals surface area contributed by atoms with Crippen LogP contribution in [0.2, 0.25) is 0 Å². The van der Waals surface area contributed by atoms with Crippen molar-refractivity contribution in [1.82, 2.24) is 19.1 Å². The van der Waals surface area contributed by atoms with Crippen LogP contribution in [-0.4, -0.2) is 19.1 Å². The molecule has 0 saturated carbocycles. The zero-order chi connectivity index (χ0) is 46.6. The minimum Gasteiger partial charge on any atom is -0.337 e. The number of hydrogen-bond donors (Lipinski definition) is 1. The number of imidazole rings is 1. The summed E-state index contributed by atoms with van der Waals surface area (Å²) in [4.78, 5) is 9.37. The van der Waals surface area contributed by atoms with Crippen LogP contribution in [0.5, 0.6) is 0 Å². The molecule has 4 nitrogen and oxygen atoms in total. The highest BCUT2D eigenvalue weighted by molar-refractivity contribution is 6.25. The van der Waals surface area contributed by atoms with Gasteiger partial charge in [-0.25, -0.2) is 4.98 Å². The maximum Gasteiger partial charge on any atom is 0.139 e. The first-order chi connectivity index (χ1) is 35.2. The minimum atomic E-state index is 0.849. The fraction of sp³-hybridized carbons (Fsp3) is 0. The van der Waals surface area contributed by atoms with Gasteiger partial charge in [0.2, 0.25) is 0 Å². The maximum atomic E-state index is 5.50. The molecule has 330 valence electrons. The Kier molecular flexibility index (Phi) is 8.62. The van der Waals surface area contributed by atoms with Crippen molar-refractivity contribution in [3.05, 3.63) is 249 Å². The normalized spacial score (nSPS) is 11.9. The quantitative estimate of drug-likeness (QED) is 0.159. The zero-order valence-electron chi connectivity index (χ0n) is 38.5. The third kappa shape index (κ3) is 6.15. The number of nitrogens with one attached hydrogen (secondary N) is 1. The summed E-state index contributed by atoms with van der Waals surface area (Å²) in [5.74, 6) is 0.849. The molecule has 12 aromatic carbocycles. The molecule has 0 spiro atoms. The number of rotatable bonds is 7. The summed E-state index contributed by atoms with van der Waals surface area (Å²) in [6.07, 6.45) is 0. The molecule has 3 aromatic heterocycles. The standard InChI is InChI=1S/C67H42N4/c1-5-16-59-53(12-1)54-13-2-6-17-60(54)70(59)51-36-30-44(31-37-51)42-20-26-49(27-21-42)65-66(69-67(68-65)58-41-35-48-25-24-46-10-9-11-47-34-40-57(58)64(48)63(46)47)50-28-22-43(23-29-50)45-32-38-52(39-33-45)71-61-18-7-3-14-55(61)56-15-4-8-19-62(56)71/h1-41H,(H,68,69). The van der Waals surface area contributed by atoms with E-state index in [1.807, 2.05) is 0 Å². The number of benzene rings is 12. The number of hydrogen-bond acceptors (Lipinski definition) is 1. The zero-order valence-corrected chi connectivity index (χ0v) is 38.5. The molecule has 0 saturated heterocycles. The van der Waals surface area contributed by atoms with Crippen molar-refractivity contribution in [2.45, 2.75) is 0 Å². The van der Waals surface area contributed by atoms with Crippen molar-refractivity contribution in [1.29, 1.82) is 0 Å². The molecular formula is C67H42N4. The van der Waals surface area contributed by atoms with E-state index in [1.54, 1.807) is 0 Å². The van der Waals surface area contributed by atoms with Crippen LogP contribution in [-0.2, 0) is 0 Å². The second kappa shape index (κ2) is 15.5. The van der Waals surface area contributed by atoms with Crippen LogP contribution in [0.3, 0.4) is 0 Å². The highest BCUT2D eigenvalue weighted by Gasteiger charge is 2.20. The van der Waals surface area contributed by atoms with Crippen LogP contribution >= 0.6 is 0 Å². The molecular weight excluding hydrogens is 861 g/mol. The lowest BCUT2D eigenvalue weighted by molar-refractivity contribution is 1.18. The topological polar surface area (TPSA) is 38.5 Å². The Morgan fingerprint density at radius 1 is 0.282 bits per heavy atom. The predicted octanol–water partition coefficient (Wildman–Crippen LogP) is 17.8. The molecule has 15 aromatic rings. The number of fused-ring (bicyclic) bond motifs is 6. The minimum absolute atomic E-state index is 0.849. The smallest absolute Gasteiger partial charge is 0.139 e. The molecule has 4 heteroatoms. The van der Waals surface area contributed by atoms with Crippen molar-refractivity contribution in [3.63, 3.8) is 0 Å². The Balaban J connectivity index is 0.804. The van der Waals surface area contributed by atoms with Crippen molar-refractivity contribution in [2.75, 3.05) is 0 Å². The molecule has 0 aliphatic carbocycles. The Bertz CT molecular complexity index is 4190. The molecule has 71 heavy (non-hydrogen) atoms. The Morgan fingerprint density at radius 2 is 0.662 bits per heavy atom. The summed E-state index contributed by atoms with van der Waals surface area (Å²) in [5.41, 5.74) is 16.9. The SMILES string of the molecule is c1cc2ccc3ccc(-c4nc(-c5ccc(-c6ccc(-n7c8ccccc8c8ccccc87)cc6)cc5)c(-c5ccc(-c6ccc(-n7c8ccccc8c8ccccc87)cc6)cc5)[nH]4)c4ccc(c1)c2c34. The molecule has 3 heterocycles. The molecule has 0 radical (unpaired) electrons. The van der Waals surface area contributed by atoms with Gasteiger partial charge >= 0.3 is 0 Å². The van der Waals surface area contributed by atoms with Gasteiger partial charge in [0.15, 0.2) is 0 Å². The molecule has 0 atom stereocenters. The van der Waals surface area contributed by atoms with E-state index in [-0.39, 0.29) is 0 Å². The Hall–Kier alpha value is -9.51. The van der Waals surface area contributed by atoms with Crippen molar-refractivity contribution in [3.8, 4) is 67.5 Å². The van der Waals surface area contributed by atoms with Gasteiger partial charge in [-0.3, -0.25) is 0 Å². The van der Waals surface area contributed by atoms with Crippen molar-refractivity contribution in [2.24, 2.45) is 0 Å². The average Bonchev–Trinajstić information content (AvgIpc) is 4.14. The summed E-state index contributed by atoms with van der Waals surface area (Å²) >= 11 is 0. The van der Waals surface area contributed by atoms with E-state index in [0.29, 0.717) is 0 Å². The van der Waals surface area contributed by atoms with Crippen molar-refractivity contribution >= 4 is 75.9 Å². The highest BCUT2D eigenvalue weighted by atomic mass is 15.0. The molecule has 15 rings (SSSR count).